The highest BCUT2D eigenvalue weighted by molar-refractivity contribution is 6.01. The summed E-state index contributed by atoms with van der Waals surface area (Å²) in [6.07, 6.45) is 0. The number of methoxy groups -OCH3 is 1. The fraction of sp³-hybridized carbons (Fsp3) is 0.500. The molecule has 1 aromatic rings. The zero-order chi connectivity index (χ0) is 13.7. The summed E-state index contributed by atoms with van der Waals surface area (Å²) in [4.78, 5) is 14.3. The van der Waals surface area contributed by atoms with E-state index in [1.807, 2.05) is 6.92 Å². The van der Waals surface area contributed by atoms with Crippen molar-refractivity contribution >= 4 is 11.6 Å². The lowest BCUT2D eigenvalue weighted by molar-refractivity contribution is 0.0743. The van der Waals surface area contributed by atoms with Crippen LogP contribution in [0.4, 0.5) is 5.69 Å². The summed E-state index contributed by atoms with van der Waals surface area (Å²) < 4.78 is 5.22. The number of carbonyl (C=O) groups is 1. The second-order valence-corrected chi connectivity index (χ2v) is 4.66. The molecule has 1 amide bonds. The molecule has 1 aromatic carbocycles. The Morgan fingerprint density at radius 2 is 2.11 bits per heavy atom. The number of hydrogen-bond donors (Lipinski definition) is 1. The number of nitrogens with two attached hydrogens (primary N) is 1. The number of amides is 1. The molecule has 0 aliphatic rings. The van der Waals surface area contributed by atoms with Gasteiger partial charge in [-0.2, -0.15) is 0 Å². The third-order valence-electron chi connectivity index (χ3n) is 2.75. The van der Waals surface area contributed by atoms with E-state index in [0.717, 1.165) is 0 Å². The second kappa shape index (κ2) is 6.28. The first-order valence-corrected chi connectivity index (χ1v) is 6.23. The van der Waals surface area contributed by atoms with Crippen LogP contribution in [0.1, 0.15) is 31.1 Å². The monoisotopic (exact) mass is 250 g/mol. The van der Waals surface area contributed by atoms with Crippen LogP contribution in [0, 0.1) is 5.92 Å². The van der Waals surface area contributed by atoms with Crippen molar-refractivity contribution in [3.05, 3.63) is 23.8 Å². The van der Waals surface area contributed by atoms with E-state index in [1.165, 1.54) is 0 Å². The maximum absolute atomic E-state index is 12.5. The lowest BCUT2D eigenvalue weighted by Gasteiger charge is -2.24. The second-order valence-electron chi connectivity index (χ2n) is 4.66. The van der Waals surface area contributed by atoms with Crippen LogP contribution in [0.2, 0.25) is 0 Å². The van der Waals surface area contributed by atoms with Gasteiger partial charge in [-0.25, -0.2) is 0 Å². The van der Waals surface area contributed by atoms with Crippen LogP contribution >= 0.6 is 0 Å². The molecule has 0 aliphatic carbocycles. The molecule has 0 aliphatic heterocycles. The Hall–Kier alpha value is -1.71. The topological polar surface area (TPSA) is 55.6 Å². The van der Waals surface area contributed by atoms with E-state index in [9.17, 15) is 4.79 Å². The van der Waals surface area contributed by atoms with E-state index < -0.39 is 0 Å². The number of nitrogens with zero attached hydrogens (tertiary/aromatic N) is 1. The zero-order valence-electron chi connectivity index (χ0n) is 11.6. The molecule has 18 heavy (non-hydrogen) atoms. The average Bonchev–Trinajstić information content (AvgIpc) is 2.34. The Balaban J connectivity index is 3.08. The quantitative estimate of drug-likeness (QED) is 0.816. The molecule has 0 spiro atoms. The molecule has 0 atom stereocenters. The maximum Gasteiger partial charge on any atom is 0.259 e. The number of ether oxygens (including phenoxy) is 1. The Bertz CT molecular complexity index is 416. The normalized spacial score (nSPS) is 10.5. The van der Waals surface area contributed by atoms with Gasteiger partial charge in [0, 0.05) is 18.8 Å². The van der Waals surface area contributed by atoms with Crippen molar-refractivity contribution in [3.63, 3.8) is 0 Å². The van der Waals surface area contributed by atoms with Crippen molar-refractivity contribution in [1.29, 1.82) is 0 Å². The first-order valence-electron chi connectivity index (χ1n) is 6.23. The van der Waals surface area contributed by atoms with E-state index in [-0.39, 0.29) is 5.91 Å². The van der Waals surface area contributed by atoms with Crippen molar-refractivity contribution in [2.45, 2.75) is 20.8 Å². The molecule has 100 valence electrons. The molecular weight excluding hydrogens is 228 g/mol. The van der Waals surface area contributed by atoms with Gasteiger partial charge < -0.3 is 15.4 Å². The highest BCUT2D eigenvalue weighted by Gasteiger charge is 2.21. The molecule has 0 unspecified atom stereocenters. The van der Waals surface area contributed by atoms with Crippen LogP contribution in [0.15, 0.2) is 18.2 Å². The molecule has 0 aromatic heterocycles. The van der Waals surface area contributed by atoms with Gasteiger partial charge in [0.15, 0.2) is 0 Å². The third kappa shape index (κ3) is 3.15. The van der Waals surface area contributed by atoms with Gasteiger partial charge in [-0.05, 0) is 25.0 Å². The first kappa shape index (κ1) is 14.4. The van der Waals surface area contributed by atoms with E-state index in [1.54, 1.807) is 30.2 Å². The van der Waals surface area contributed by atoms with Crippen LogP contribution in [0.5, 0.6) is 5.75 Å². The SMILES string of the molecule is CCN(CC(C)C)C(=O)c1c(N)cccc1OC. The summed E-state index contributed by atoms with van der Waals surface area (Å²) in [5, 5.41) is 0. The number of benzene rings is 1. The summed E-state index contributed by atoms with van der Waals surface area (Å²) in [5.74, 6) is 0.883. The Kier molecular flexibility index (Phi) is 5.01. The van der Waals surface area contributed by atoms with Gasteiger partial charge in [-0.1, -0.05) is 19.9 Å². The number of rotatable bonds is 5. The largest absolute Gasteiger partial charge is 0.496 e. The van der Waals surface area contributed by atoms with Gasteiger partial charge in [0.25, 0.3) is 5.91 Å². The van der Waals surface area contributed by atoms with Crippen molar-refractivity contribution in [1.82, 2.24) is 4.90 Å². The Labute approximate surface area is 109 Å². The number of hydrogen-bond acceptors (Lipinski definition) is 3. The van der Waals surface area contributed by atoms with Crippen molar-refractivity contribution in [2.75, 3.05) is 25.9 Å². The van der Waals surface area contributed by atoms with Crippen molar-refractivity contribution in [2.24, 2.45) is 5.92 Å². The van der Waals surface area contributed by atoms with E-state index in [2.05, 4.69) is 13.8 Å². The lowest BCUT2D eigenvalue weighted by atomic mass is 10.1. The number of nitrogen functional groups attached to an aromatic ring is 1. The Morgan fingerprint density at radius 1 is 1.44 bits per heavy atom. The number of anilines is 1. The molecule has 4 heteroatoms. The summed E-state index contributed by atoms with van der Waals surface area (Å²) >= 11 is 0. The lowest BCUT2D eigenvalue weighted by Crippen LogP contribution is -2.34. The van der Waals surface area contributed by atoms with Crippen LogP contribution in [-0.4, -0.2) is 31.0 Å². The summed E-state index contributed by atoms with van der Waals surface area (Å²) in [7, 11) is 1.55. The van der Waals surface area contributed by atoms with Gasteiger partial charge in [0.2, 0.25) is 0 Å². The van der Waals surface area contributed by atoms with Gasteiger partial charge >= 0.3 is 0 Å². The van der Waals surface area contributed by atoms with Gasteiger partial charge in [0.05, 0.1) is 7.11 Å². The van der Waals surface area contributed by atoms with Crippen LogP contribution < -0.4 is 10.5 Å². The van der Waals surface area contributed by atoms with E-state index in [4.69, 9.17) is 10.5 Å². The Morgan fingerprint density at radius 3 is 2.61 bits per heavy atom. The van der Waals surface area contributed by atoms with Gasteiger partial charge in [-0.15, -0.1) is 0 Å². The standard InChI is InChI=1S/C14H22N2O2/c1-5-16(9-10(2)3)14(17)13-11(15)7-6-8-12(13)18-4/h6-8,10H,5,9,15H2,1-4H3. The molecule has 0 saturated heterocycles. The van der Waals surface area contributed by atoms with Gasteiger partial charge in [-0.3, -0.25) is 4.79 Å². The molecule has 4 nitrogen and oxygen atoms in total. The van der Waals surface area contributed by atoms with Crippen LogP contribution in [0.25, 0.3) is 0 Å². The predicted molar refractivity (Wildman–Crippen MR) is 73.8 cm³/mol. The molecular formula is C14H22N2O2. The van der Waals surface area contributed by atoms with Crippen molar-refractivity contribution < 1.29 is 9.53 Å². The molecule has 0 saturated carbocycles. The minimum atomic E-state index is -0.0684. The molecule has 1 rings (SSSR count). The zero-order valence-corrected chi connectivity index (χ0v) is 11.6. The fourth-order valence-corrected chi connectivity index (χ4v) is 1.90. The number of carbonyl (C=O) groups excluding carboxylic acids is 1. The summed E-state index contributed by atoms with van der Waals surface area (Å²) in [5.41, 5.74) is 6.81. The third-order valence-corrected chi connectivity index (χ3v) is 2.75. The smallest absolute Gasteiger partial charge is 0.259 e. The molecule has 2 N–H and O–H groups in total. The molecule has 0 bridgehead atoms. The minimum absolute atomic E-state index is 0.0684. The predicted octanol–water partition coefficient (Wildman–Crippen LogP) is 2.40. The maximum atomic E-state index is 12.5. The molecule has 0 fully saturated rings. The van der Waals surface area contributed by atoms with Gasteiger partial charge in [0.1, 0.15) is 11.3 Å². The van der Waals surface area contributed by atoms with E-state index >= 15 is 0 Å². The molecule has 0 radical (unpaired) electrons. The van der Waals surface area contributed by atoms with Crippen LogP contribution in [0.3, 0.4) is 0 Å². The van der Waals surface area contributed by atoms with Crippen molar-refractivity contribution in [3.8, 4) is 5.75 Å². The fourth-order valence-electron chi connectivity index (χ4n) is 1.90. The highest BCUT2D eigenvalue weighted by Crippen LogP contribution is 2.25. The highest BCUT2D eigenvalue weighted by atomic mass is 16.5. The molecule has 0 heterocycles. The summed E-state index contributed by atoms with van der Waals surface area (Å²) in [6.45, 7) is 7.51. The average molecular weight is 250 g/mol. The first-order chi connectivity index (χ1) is 8.51. The van der Waals surface area contributed by atoms with E-state index in [0.29, 0.717) is 36.0 Å². The minimum Gasteiger partial charge on any atom is -0.496 e. The summed E-state index contributed by atoms with van der Waals surface area (Å²) in [6, 6.07) is 5.26. The van der Waals surface area contributed by atoms with Crippen LogP contribution in [-0.2, 0) is 0 Å².